The zero-order valence-corrected chi connectivity index (χ0v) is 18.6. The molecule has 1 aliphatic carbocycles. The van der Waals surface area contributed by atoms with Crippen LogP contribution in [0.3, 0.4) is 0 Å². The Morgan fingerprint density at radius 3 is 2.53 bits per heavy atom. The smallest absolute Gasteiger partial charge is 0.257 e. The Morgan fingerprint density at radius 2 is 1.88 bits per heavy atom. The van der Waals surface area contributed by atoms with Crippen LogP contribution in [0.5, 0.6) is 5.75 Å². The molecule has 0 radical (unpaired) electrons. The van der Waals surface area contributed by atoms with Crippen LogP contribution >= 0.6 is 0 Å². The van der Waals surface area contributed by atoms with E-state index in [9.17, 15) is 19.8 Å². The number of benzene rings is 2. The van der Waals surface area contributed by atoms with E-state index in [1.54, 1.807) is 36.4 Å². The predicted molar refractivity (Wildman–Crippen MR) is 122 cm³/mol. The van der Waals surface area contributed by atoms with Crippen LogP contribution < -0.4 is 5.32 Å². The summed E-state index contributed by atoms with van der Waals surface area (Å²) in [5, 5.41) is 25.9. The van der Waals surface area contributed by atoms with Crippen molar-refractivity contribution in [1.29, 1.82) is 0 Å². The Bertz CT molecular complexity index is 1080. The molecule has 0 unspecified atom stereocenters. The van der Waals surface area contributed by atoms with Gasteiger partial charge in [0.05, 0.1) is 11.3 Å². The minimum absolute atomic E-state index is 0.0105. The van der Waals surface area contributed by atoms with Crippen molar-refractivity contribution in [3.8, 4) is 5.75 Å². The summed E-state index contributed by atoms with van der Waals surface area (Å²) in [6.07, 6.45) is 4.70. The maximum Gasteiger partial charge on any atom is 0.257 e. The lowest BCUT2D eigenvalue weighted by molar-refractivity contribution is -0.142. The van der Waals surface area contributed by atoms with Gasteiger partial charge in [0.2, 0.25) is 0 Å². The van der Waals surface area contributed by atoms with Gasteiger partial charge in [-0.2, -0.15) is 0 Å². The van der Waals surface area contributed by atoms with Crippen LogP contribution in [0.15, 0.2) is 48.5 Å². The van der Waals surface area contributed by atoms with Gasteiger partial charge >= 0.3 is 0 Å². The number of Topliss-reactive ketones (excluding diaryl/α,β-unsaturated/α-hetero) is 1. The molecule has 0 saturated heterocycles. The van der Waals surface area contributed by atoms with E-state index < -0.39 is 17.6 Å². The lowest BCUT2D eigenvalue weighted by Crippen LogP contribution is -2.52. The monoisotopic (exact) mass is 435 g/mol. The number of methoxy groups -OCH3 is 1. The highest BCUT2D eigenvalue weighted by Gasteiger charge is 2.51. The summed E-state index contributed by atoms with van der Waals surface area (Å²) in [4.78, 5) is 24.6. The van der Waals surface area contributed by atoms with Gasteiger partial charge < -0.3 is 20.3 Å². The predicted octanol–water partition coefficient (Wildman–Crippen LogP) is 4.00. The lowest BCUT2D eigenvalue weighted by atomic mass is 9.70. The lowest BCUT2D eigenvalue weighted by Gasteiger charge is -2.40. The molecule has 1 fully saturated rings. The van der Waals surface area contributed by atoms with Crippen molar-refractivity contribution >= 4 is 23.5 Å². The molecular weight excluding hydrogens is 406 g/mol. The fraction of sp³-hybridized carbons (Fsp3) is 0.385. The SMILES string of the molecule is CO[C@@H]1C(=O)Nc2ccc(/C=C/[C@@]3(C)CCC(=O)[C@@H](C)C3)c(O)c2[C@@]1(O)c1ccccc1. The summed E-state index contributed by atoms with van der Waals surface area (Å²) in [6.45, 7) is 4.07. The highest BCUT2D eigenvalue weighted by molar-refractivity contribution is 6.00. The van der Waals surface area contributed by atoms with Crippen molar-refractivity contribution in [1.82, 2.24) is 0 Å². The van der Waals surface area contributed by atoms with Crippen molar-refractivity contribution in [3.63, 3.8) is 0 Å². The van der Waals surface area contributed by atoms with Crippen molar-refractivity contribution in [2.45, 2.75) is 44.8 Å². The molecule has 0 aromatic heterocycles. The number of rotatable bonds is 4. The fourth-order valence-corrected chi connectivity index (χ4v) is 5.03. The third kappa shape index (κ3) is 3.63. The average Bonchev–Trinajstić information content (AvgIpc) is 2.77. The van der Waals surface area contributed by atoms with Crippen molar-refractivity contribution in [3.05, 3.63) is 65.2 Å². The summed E-state index contributed by atoms with van der Waals surface area (Å²) in [5.74, 6) is -0.295. The molecule has 0 bridgehead atoms. The van der Waals surface area contributed by atoms with Crippen LogP contribution in [0.25, 0.3) is 6.08 Å². The molecule has 2 aromatic carbocycles. The molecule has 1 heterocycles. The van der Waals surface area contributed by atoms with Gasteiger partial charge in [0.1, 0.15) is 11.5 Å². The first-order valence-corrected chi connectivity index (χ1v) is 10.9. The normalized spacial score (nSPS) is 30.2. The number of hydrogen-bond acceptors (Lipinski definition) is 5. The minimum Gasteiger partial charge on any atom is -0.507 e. The van der Waals surface area contributed by atoms with Gasteiger partial charge in [-0.3, -0.25) is 9.59 Å². The molecular formula is C26H29NO5. The number of hydrogen-bond donors (Lipinski definition) is 3. The molecule has 4 rings (SSSR count). The number of carbonyl (C=O) groups is 2. The molecule has 1 aliphatic heterocycles. The number of ether oxygens (including phenoxy) is 1. The molecule has 2 aromatic rings. The number of nitrogens with one attached hydrogen (secondary N) is 1. The summed E-state index contributed by atoms with van der Waals surface area (Å²) in [6, 6.07) is 12.1. The molecule has 4 atom stereocenters. The second-order valence-electron chi connectivity index (χ2n) is 9.22. The highest BCUT2D eigenvalue weighted by atomic mass is 16.5. The van der Waals surface area contributed by atoms with Crippen LogP contribution in [0, 0.1) is 11.3 Å². The van der Waals surface area contributed by atoms with E-state index in [2.05, 4.69) is 12.2 Å². The van der Waals surface area contributed by atoms with Gasteiger partial charge in [-0.05, 0) is 36.0 Å². The topological polar surface area (TPSA) is 95.9 Å². The van der Waals surface area contributed by atoms with E-state index in [0.717, 1.165) is 12.8 Å². The third-order valence-electron chi connectivity index (χ3n) is 6.85. The van der Waals surface area contributed by atoms with Crippen molar-refractivity contribution in [2.24, 2.45) is 11.3 Å². The first-order valence-electron chi connectivity index (χ1n) is 10.9. The average molecular weight is 436 g/mol. The number of fused-ring (bicyclic) bond motifs is 1. The number of amides is 1. The van der Waals surface area contributed by atoms with Crippen LogP contribution in [0.2, 0.25) is 0 Å². The number of aliphatic hydroxyl groups is 1. The van der Waals surface area contributed by atoms with E-state index in [0.29, 0.717) is 29.0 Å². The number of carbonyl (C=O) groups excluding carboxylic acids is 2. The number of ketones is 1. The quantitative estimate of drug-likeness (QED) is 0.675. The van der Waals surface area contributed by atoms with Crippen molar-refractivity contribution in [2.75, 3.05) is 12.4 Å². The molecule has 3 N–H and O–H groups in total. The van der Waals surface area contributed by atoms with Crippen LogP contribution in [0.4, 0.5) is 5.69 Å². The first-order chi connectivity index (χ1) is 15.2. The fourth-order valence-electron chi connectivity index (χ4n) is 5.03. The van der Waals surface area contributed by atoms with Gasteiger partial charge in [0, 0.05) is 25.0 Å². The van der Waals surface area contributed by atoms with E-state index in [-0.39, 0.29) is 22.6 Å². The zero-order chi connectivity index (χ0) is 23.1. The van der Waals surface area contributed by atoms with Gasteiger partial charge in [-0.15, -0.1) is 0 Å². The molecule has 1 amide bonds. The minimum atomic E-state index is -1.86. The number of allylic oxidation sites excluding steroid dienone is 1. The largest absolute Gasteiger partial charge is 0.507 e. The maximum atomic E-state index is 12.7. The summed E-state index contributed by atoms with van der Waals surface area (Å²) in [5.41, 5.74) is -0.505. The highest BCUT2D eigenvalue weighted by Crippen LogP contribution is 2.48. The van der Waals surface area contributed by atoms with Crippen molar-refractivity contribution < 1.29 is 24.5 Å². The van der Waals surface area contributed by atoms with Crippen LogP contribution in [0.1, 0.15) is 49.8 Å². The van der Waals surface area contributed by atoms with E-state index in [4.69, 9.17) is 4.74 Å². The molecule has 32 heavy (non-hydrogen) atoms. The van der Waals surface area contributed by atoms with E-state index >= 15 is 0 Å². The Hall–Kier alpha value is -2.96. The number of phenols is 1. The molecule has 168 valence electrons. The van der Waals surface area contributed by atoms with Crippen LogP contribution in [-0.2, 0) is 19.9 Å². The Balaban J connectivity index is 1.80. The van der Waals surface area contributed by atoms with Gasteiger partial charge in [-0.1, -0.05) is 56.3 Å². The standard InChI is InChI=1S/C26H29NO5/c1-16-15-25(2,14-12-20(16)28)13-11-17-9-10-19-21(22(17)29)26(31,18-7-5-4-6-8-18)23(32-3)24(30)27-19/h4-11,13,16,23,29,31H,12,14-15H2,1-3H3,(H,27,30)/b13-11+/t16-,23+,25-,26-/m0/s1. The third-order valence-corrected chi connectivity index (χ3v) is 6.85. The number of aromatic hydroxyl groups is 1. The number of anilines is 1. The first kappa shape index (κ1) is 22.2. The van der Waals surface area contributed by atoms with Gasteiger partial charge in [0.25, 0.3) is 5.91 Å². The summed E-state index contributed by atoms with van der Waals surface area (Å²) >= 11 is 0. The number of phenolic OH excluding ortho intramolecular Hbond substituents is 1. The second kappa shape index (κ2) is 8.19. The molecule has 0 spiro atoms. The molecule has 1 saturated carbocycles. The molecule has 2 aliphatic rings. The maximum absolute atomic E-state index is 12.7. The van der Waals surface area contributed by atoms with Gasteiger partial charge in [0.15, 0.2) is 11.7 Å². The Kier molecular flexibility index (Phi) is 5.69. The Labute approximate surface area is 187 Å². The summed E-state index contributed by atoms with van der Waals surface area (Å²) < 4.78 is 5.40. The molecule has 6 heteroatoms. The summed E-state index contributed by atoms with van der Waals surface area (Å²) in [7, 11) is 1.36. The van der Waals surface area contributed by atoms with Gasteiger partial charge in [-0.25, -0.2) is 0 Å². The molecule has 6 nitrogen and oxygen atoms in total. The Morgan fingerprint density at radius 1 is 1.16 bits per heavy atom. The van der Waals surface area contributed by atoms with E-state index in [1.807, 2.05) is 25.1 Å². The zero-order valence-electron chi connectivity index (χ0n) is 18.6. The van der Waals surface area contributed by atoms with E-state index in [1.165, 1.54) is 7.11 Å². The second-order valence-corrected chi connectivity index (χ2v) is 9.22. The van der Waals surface area contributed by atoms with Crippen LogP contribution in [-0.4, -0.2) is 35.1 Å².